The van der Waals surface area contributed by atoms with Gasteiger partial charge in [0.2, 0.25) is 5.91 Å². The molecular weight excluding hydrogens is 386 g/mol. The maximum absolute atomic E-state index is 12.1. The molecule has 0 radical (unpaired) electrons. The zero-order valence-corrected chi connectivity index (χ0v) is 15.5. The van der Waals surface area contributed by atoms with Crippen LogP contribution in [0.15, 0.2) is 53.0 Å². The van der Waals surface area contributed by atoms with Gasteiger partial charge in [0.05, 0.1) is 19.3 Å². The molecule has 2 aromatic rings. The van der Waals surface area contributed by atoms with Gasteiger partial charge >= 0.3 is 5.97 Å². The number of esters is 1. The van der Waals surface area contributed by atoms with Gasteiger partial charge in [-0.15, -0.1) is 0 Å². The van der Waals surface area contributed by atoms with Crippen molar-refractivity contribution in [2.75, 3.05) is 19.0 Å². The highest BCUT2D eigenvalue weighted by Gasteiger charge is 2.07. The highest BCUT2D eigenvalue weighted by molar-refractivity contribution is 9.10. The Bertz CT molecular complexity index is 802. The minimum atomic E-state index is -0.456. The number of carbonyl (C=O) groups is 2. The van der Waals surface area contributed by atoms with E-state index in [1.807, 2.05) is 25.1 Å². The molecule has 0 aliphatic heterocycles. The molecule has 130 valence electrons. The summed E-state index contributed by atoms with van der Waals surface area (Å²) >= 11 is 3.40. The van der Waals surface area contributed by atoms with Crippen LogP contribution in [0.3, 0.4) is 0 Å². The number of carbonyl (C=O) groups excluding carboxylic acids is 2. The predicted molar refractivity (Wildman–Crippen MR) is 101 cm³/mol. The smallest absolute Gasteiger partial charge is 0.337 e. The third kappa shape index (κ3) is 5.46. The van der Waals surface area contributed by atoms with Crippen LogP contribution in [0.2, 0.25) is 0 Å². The third-order valence-corrected chi connectivity index (χ3v) is 3.73. The average Bonchev–Trinajstić information content (AvgIpc) is 2.61. The van der Waals surface area contributed by atoms with Crippen LogP contribution in [-0.4, -0.2) is 25.6 Å². The van der Waals surface area contributed by atoms with Gasteiger partial charge < -0.3 is 14.8 Å². The largest absolute Gasteiger partial charge is 0.493 e. The number of hydrogen-bond acceptors (Lipinski definition) is 4. The lowest BCUT2D eigenvalue weighted by Gasteiger charge is -2.08. The fraction of sp³-hybridized carbons (Fsp3) is 0.158. The summed E-state index contributed by atoms with van der Waals surface area (Å²) in [5.74, 6) is -0.0750. The van der Waals surface area contributed by atoms with Crippen LogP contribution in [-0.2, 0) is 9.53 Å². The van der Waals surface area contributed by atoms with Gasteiger partial charge in [-0.3, -0.25) is 4.79 Å². The van der Waals surface area contributed by atoms with Gasteiger partial charge in [-0.05, 0) is 49.4 Å². The Morgan fingerprint density at radius 3 is 2.72 bits per heavy atom. The van der Waals surface area contributed by atoms with Crippen molar-refractivity contribution < 1.29 is 19.1 Å². The van der Waals surface area contributed by atoms with Gasteiger partial charge in [0, 0.05) is 21.8 Å². The summed E-state index contributed by atoms with van der Waals surface area (Å²) in [6.07, 6.45) is 3.09. The highest BCUT2D eigenvalue weighted by atomic mass is 79.9. The summed E-state index contributed by atoms with van der Waals surface area (Å²) in [6.45, 7) is 2.44. The van der Waals surface area contributed by atoms with Gasteiger partial charge in [-0.1, -0.05) is 22.0 Å². The third-order valence-electron chi connectivity index (χ3n) is 3.24. The number of halogens is 1. The van der Waals surface area contributed by atoms with E-state index in [9.17, 15) is 9.59 Å². The van der Waals surface area contributed by atoms with E-state index in [1.54, 1.807) is 30.3 Å². The molecule has 2 aromatic carbocycles. The molecule has 0 saturated carbocycles. The first-order valence-electron chi connectivity index (χ1n) is 7.63. The van der Waals surface area contributed by atoms with Crippen LogP contribution in [0.5, 0.6) is 5.75 Å². The van der Waals surface area contributed by atoms with Crippen molar-refractivity contribution in [3.8, 4) is 5.75 Å². The van der Waals surface area contributed by atoms with Crippen molar-refractivity contribution >= 4 is 39.6 Å². The van der Waals surface area contributed by atoms with Crippen molar-refractivity contribution in [2.24, 2.45) is 0 Å². The standard InChI is InChI=1S/C19H18BrNO4/c1-3-25-17-9-8-15(20)11-13(17)7-10-18(22)21-16-6-4-5-14(12-16)19(23)24-2/h4-12H,3H2,1-2H3,(H,21,22)/b10-7+. The van der Waals surface area contributed by atoms with Gasteiger partial charge in [-0.2, -0.15) is 0 Å². The van der Waals surface area contributed by atoms with Crippen LogP contribution >= 0.6 is 15.9 Å². The van der Waals surface area contributed by atoms with E-state index >= 15 is 0 Å². The Morgan fingerprint density at radius 2 is 2.00 bits per heavy atom. The SMILES string of the molecule is CCOc1ccc(Br)cc1/C=C/C(=O)Nc1cccc(C(=O)OC)c1. The Labute approximate surface area is 154 Å². The number of nitrogens with one attached hydrogen (secondary N) is 1. The quantitative estimate of drug-likeness (QED) is 0.577. The molecule has 0 aromatic heterocycles. The van der Waals surface area contributed by atoms with Crippen LogP contribution in [0, 0.1) is 0 Å². The molecule has 0 aliphatic carbocycles. The molecule has 0 atom stereocenters. The molecule has 0 fully saturated rings. The van der Waals surface area contributed by atoms with Crippen molar-refractivity contribution in [3.05, 3.63) is 64.1 Å². The van der Waals surface area contributed by atoms with Gasteiger partial charge in [0.15, 0.2) is 0 Å². The Hall–Kier alpha value is -2.60. The first-order chi connectivity index (χ1) is 12.0. The van der Waals surface area contributed by atoms with E-state index in [0.29, 0.717) is 23.6 Å². The summed E-state index contributed by atoms with van der Waals surface area (Å²) in [5.41, 5.74) is 1.67. The molecule has 1 amide bonds. The lowest BCUT2D eigenvalue weighted by atomic mass is 10.2. The molecule has 0 saturated heterocycles. The minimum Gasteiger partial charge on any atom is -0.493 e. The number of amides is 1. The average molecular weight is 404 g/mol. The van der Waals surface area contributed by atoms with Crippen LogP contribution in [0.25, 0.3) is 6.08 Å². The number of benzene rings is 2. The summed E-state index contributed by atoms with van der Waals surface area (Å²) in [6, 6.07) is 12.1. The number of methoxy groups -OCH3 is 1. The van der Waals surface area contributed by atoms with Gasteiger partial charge in [-0.25, -0.2) is 4.79 Å². The Kier molecular flexibility index (Phi) is 6.77. The second kappa shape index (κ2) is 9.03. The normalized spacial score (nSPS) is 10.5. The molecule has 25 heavy (non-hydrogen) atoms. The van der Waals surface area contributed by atoms with Crippen molar-refractivity contribution in [1.29, 1.82) is 0 Å². The lowest BCUT2D eigenvalue weighted by Crippen LogP contribution is -2.09. The van der Waals surface area contributed by atoms with E-state index in [2.05, 4.69) is 26.0 Å². The Balaban J connectivity index is 2.11. The molecule has 1 N–H and O–H groups in total. The second-order valence-corrected chi connectivity index (χ2v) is 5.93. The maximum atomic E-state index is 12.1. The number of rotatable bonds is 6. The fourth-order valence-corrected chi connectivity index (χ4v) is 2.51. The lowest BCUT2D eigenvalue weighted by molar-refractivity contribution is -0.111. The minimum absolute atomic E-state index is 0.315. The van der Waals surface area contributed by atoms with Crippen molar-refractivity contribution in [2.45, 2.75) is 6.92 Å². The van der Waals surface area contributed by atoms with Crippen LogP contribution in [0.4, 0.5) is 5.69 Å². The predicted octanol–water partition coefficient (Wildman–Crippen LogP) is 4.29. The first kappa shape index (κ1) is 18.7. The molecule has 0 aliphatic rings. The summed E-state index contributed by atoms with van der Waals surface area (Å²) in [7, 11) is 1.31. The van der Waals surface area contributed by atoms with E-state index in [0.717, 1.165) is 10.0 Å². The van der Waals surface area contributed by atoms with Crippen LogP contribution in [0.1, 0.15) is 22.8 Å². The first-order valence-corrected chi connectivity index (χ1v) is 8.42. The fourth-order valence-electron chi connectivity index (χ4n) is 2.13. The zero-order chi connectivity index (χ0) is 18.2. The summed E-state index contributed by atoms with van der Waals surface area (Å²) < 4.78 is 11.1. The van der Waals surface area contributed by atoms with Crippen molar-refractivity contribution in [1.82, 2.24) is 0 Å². The zero-order valence-electron chi connectivity index (χ0n) is 13.9. The molecule has 5 nitrogen and oxygen atoms in total. The topological polar surface area (TPSA) is 64.6 Å². The number of hydrogen-bond donors (Lipinski definition) is 1. The van der Waals surface area contributed by atoms with E-state index < -0.39 is 5.97 Å². The summed E-state index contributed by atoms with van der Waals surface area (Å²) in [4.78, 5) is 23.6. The van der Waals surface area contributed by atoms with E-state index in [1.165, 1.54) is 13.2 Å². The van der Waals surface area contributed by atoms with Crippen molar-refractivity contribution in [3.63, 3.8) is 0 Å². The Morgan fingerprint density at radius 1 is 1.20 bits per heavy atom. The monoisotopic (exact) mass is 403 g/mol. The molecule has 2 rings (SSSR count). The number of ether oxygens (including phenoxy) is 2. The molecule has 0 unspecified atom stereocenters. The van der Waals surface area contributed by atoms with Gasteiger partial charge in [0.1, 0.15) is 5.75 Å². The molecule has 0 heterocycles. The van der Waals surface area contributed by atoms with E-state index in [-0.39, 0.29) is 5.91 Å². The van der Waals surface area contributed by atoms with Crippen LogP contribution < -0.4 is 10.1 Å². The summed E-state index contributed by atoms with van der Waals surface area (Å²) in [5, 5.41) is 2.71. The number of anilines is 1. The molecular formula is C19H18BrNO4. The highest BCUT2D eigenvalue weighted by Crippen LogP contribution is 2.24. The molecule has 0 spiro atoms. The van der Waals surface area contributed by atoms with Gasteiger partial charge in [0.25, 0.3) is 0 Å². The van der Waals surface area contributed by atoms with E-state index in [4.69, 9.17) is 4.74 Å². The molecule has 0 bridgehead atoms. The maximum Gasteiger partial charge on any atom is 0.337 e. The molecule has 6 heteroatoms. The second-order valence-electron chi connectivity index (χ2n) is 5.01.